The number of carbonyl (C=O) groups excluding carboxylic acids is 2. The molecule has 11 nitrogen and oxygen atoms in total. The van der Waals surface area contributed by atoms with Crippen LogP contribution < -0.4 is 16.5 Å². The second kappa shape index (κ2) is 18.0. The van der Waals surface area contributed by atoms with Gasteiger partial charge in [-0.2, -0.15) is 0 Å². The lowest BCUT2D eigenvalue weighted by Crippen LogP contribution is -2.49. The molecule has 6 N–H and O–H groups in total. The Morgan fingerprint density at radius 2 is 1.91 bits per heavy atom. The number of amides is 1. The number of nitro groups is 1. The molecule has 2 atom stereocenters. The summed E-state index contributed by atoms with van der Waals surface area (Å²) in [7, 11) is -1.71. The molecule has 0 spiro atoms. The Morgan fingerprint density at radius 1 is 1.21 bits per heavy atom. The summed E-state index contributed by atoms with van der Waals surface area (Å²) in [6, 6.07) is 0. The molecule has 12 heteroatoms. The van der Waals surface area contributed by atoms with E-state index in [0.29, 0.717) is 12.8 Å². The van der Waals surface area contributed by atoms with Crippen LogP contribution in [0.3, 0.4) is 0 Å². The smallest absolute Gasteiger partial charge is 0.426 e. The third-order valence-electron chi connectivity index (χ3n) is 4.96. The van der Waals surface area contributed by atoms with Crippen molar-refractivity contribution in [3.8, 4) is 0 Å². The second-order valence-corrected chi connectivity index (χ2v) is 8.56. The van der Waals surface area contributed by atoms with Gasteiger partial charge in [-0.3, -0.25) is 9.59 Å². The second-order valence-electron chi connectivity index (χ2n) is 8.56. The van der Waals surface area contributed by atoms with Crippen LogP contribution >= 0.6 is 0 Å². The zero-order chi connectivity index (χ0) is 25.2. The molecular weight excluding hydrogens is 429 g/mol. The van der Waals surface area contributed by atoms with Crippen LogP contribution in [0.1, 0.15) is 78.6 Å². The van der Waals surface area contributed by atoms with Crippen LogP contribution in [-0.2, 0) is 9.59 Å². The first kappa shape index (κ1) is 30.5. The fourth-order valence-corrected chi connectivity index (χ4v) is 3.27. The molecule has 0 bridgehead atoms. The Kier molecular flexibility index (Phi) is 16.7. The van der Waals surface area contributed by atoms with Gasteiger partial charge in [-0.15, -0.1) is 0 Å². The van der Waals surface area contributed by atoms with Crippen molar-refractivity contribution >= 4 is 24.8 Å². The number of aliphatic imine (C=N–C) groups is 1. The summed E-state index contributed by atoms with van der Waals surface area (Å²) in [5.41, 5.74) is 7.11. The van der Waals surface area contributed by atoms with Crippen LogP contribution in [0, 0.1) is 22.0 Å². The number of ketones is 1. The number of rotatable bonds is 18. The van der Waals surface area contributed by atoms with Crippen LogP contribution in [0.4, 0.5) is 0 Å². The van der Waals surface area contributed by atoms with Gasteiger partial charge in [-0.05, 0) is 44.1 Å². The van der Waals surface area contributed by atoms with E-state index in [1.54, 1.807) is 5.43 Å². The maximum absolute atomic E-state index is 12.8. The highest BCUT2D eigenvalue weighted by Crippen LogP contribution is 2.15. The quantitative estimate of drug-likeness (QED) is 0.0381. The van der Waals surface area contributed by atoms with Crippen LogP contribution in [-0.4, -0.2) is 52.3 Å². The zero-order valence-corrected chi connectivity index (χ0v) is 20.0. The maximum Gasteiger partial charge on any atom is 0.475 e. The number of hydrazine groups is 1. The van der Waals surface area contributed by atoms with Gasteiger partial charge in [0.25, 0.3) is 5.96 Å². The number of nitrogens with one attached hydrogen (secondary N) is 2. The summed E-state index contributed by atoms with van der Waals surface area (Å²) >= 11 is 0. The van der Waals surface area contributed by atoms with Crippen LogP contribution in [0.15, 0.2) is 17.1 Å². The van der Waals surface area contributed by atoms with Crippen LogP contribution in [0.25, 0.3) is 0 Å². The van der Waals surface area contributed by atoms with Crippen molar-refractivity contribution in [3.63, 3.8) is 0 Å². The molecule has 0 radical (unpaired) electrons. The minimum absolute atomic E-state index is 0.0282. The number of hydrogen-bond acceptors (Lipinski definition) is 7. The first-order valence-electron chi connectivity index (χ1n) is 11.6. The van der Waals surface area contributed by atoms with Crippen molar-refractivity contribution in [2.45, 2.75) is 84.5 Å². The number of nitrogens with zero attached hydrogens (tertiary/aromatic N) is 2. The van der Waals surface area contributed by atoms with Crippen LogP contribution in [0.5, 0.6) is 0 Å². The van der Waals surface area contributed by atoms with E-state index in [1.807, 2.05) is 19.9 Å². The zero-order valence-electron chi connectivity index (χ0n) is 20.0. The fourth-order valence-electron chi connectivity index (χ4n) is 3.27. The molecule has 0 heterocycles. The summed E-state index contributed by atoms with van der Waals surface area (Å²) in [4.78, 5) is 39.4. The van der Waals surface area contributed by atoms with Gasteiger partial charge in [0.05, 0.1) is 5.94 Å². The average molecular weight is 469 g/mol. The van der Waals surface area contributed by atoms with E-state index in [4.69, 9.17) is 5.73 Å². The molecule has 0 aromatic rings. The molecule has 0 rings (SSSR count). The Balaban J connectivity index is 5.02. The standard InChI is InChI=1S/C21H40BN5O6/c1-4-5-6-7-8-9-12-18(28)15-17(11-10-13-24-21(23)26-27(32)33)20(29)25-19(22(30)31)14-16(2)3/h9,12,16-17,19,30-31H,4-8,10-11,13-15H2,1-3H3,(H,25,29)(H3,23,24,26)/b12-9+/t17-,19+/m1/s1. The van der Waals surface area contributed by atoms with E-state index in [1.165, 1.54) is 6.08 Å². The minimum Gasteiger partial charge on any atom is -0.426 e. The summed E-state index contributed by atoms with van der Waals surface area (Å²) in [6.07, 6.45) is 9.51. The molecule has 0 aromatic heterocycles. The van der Waals surface area contributed by atoms with Crippen molar-refractivity contribution < 1.29 is 24.7 Å². The highest BCUT2D eigenvalue weighted by Gasteiger charge is 2.29. The van der Waals surface area contributed by atoms with Crippen molar-refractivity contribution in [2.75, 3.05) is 6.54 Å². The van der Waals surface area contributed by atoms with Crippen molar-refractivity contribution in [3.05, 3.63) is 22.3 Å². The molecule has 33 heavy (non-hydrogen) atoms. The summed E-state index contributed by atoms with van der Waals surface area (Å²) in [5.74, 6) is -2.40. The van der Waals surface area contributed by atoms with Gasteiger partial charge < -0.3 is 21.1 Å². The maximum atomic E-state index is 12.8. The Labute approximate surface area is 196 Å². The third kappa shape index (κ3) is 16.8. The number of allylic oxidation sites excluding steroid dienone is 2. The molecule has 0 aromatic carbocycles. The number of unbranched alkanes of at least 4 members (excludes halogenated alkanes) is 4. The average Bonchev–Trinajstić information content (AvgIpc) is 2.71. The van der Waals surface area contributed by atoms with E-state index >= 15 is 0 Å². The summed E-state index contributed by atoms with van der Waals surface area (Å²) in [6.45, 7) is 6.06. The summed E-state index contributed by atoms with van der Waals surface area (Å²) < 4.78 is 0. The number of guanidine groups is 1. The predicted octanol–water partition coefficient (Wildman–Crippen LogP) is 1.51. The van der Waals surface area contributed by atoms with E-state index in [0.717, 1.165) is 32.1 Å². The van der Waals surface area contributed by atoms with Crippen molar-refractivity contribution in [1.29, 1.82) is 0 Å². The molecule has 0 fully saturated rings. The number of hydrogen-bond donors (Lipinski definition) is 5. The van der Waals surface area contributed by atoms with Gasteiger partial charge in [0.2, 0.25) is 5.91 Å². The molecular formula is C21H40BN5O6. The monoisotopic (exact) mass is 469 g/mol. The Hall–Kier alpha value is -2.47. The van der Waals surface area contributed by atoms with Gasteiger partial charge in [-0.1, -0.05) is 51.5 Å². The SMILES string of the molecule is CCCCCC/C=C/C(=O)C[C@@H](CCCN=C(N)N[N+](=O)[O-])C(=O)N[C@@H](CC(C)C)B(O)O. The number of nitrogens with two attached hydrogens (primary N) is 1. The van der Waals surface area contributed by atoms with E-state index < -0.39 is 29.9 Å². The number of carbonyl (C=O) groups is 2. The van der Waals surface area contributed by atoms with Gasteiger partial charge in [-0.25, -0.2) is 15.1 Å². The lowest BCUT2D eigenvalue weighted by atomic mass is 9.74. The largest absolute Gasteiger partial charge is 0.475 e. The van der Waals surface area contributed by atoms with Crippen molar-refractivity contribution in [1.82, 2.24) is 10.7 Å². The normalized spacial score (nSPS) is 13.7. The van der Waals surface area contributed by atoms with Gasteiger partial charge >= 0.3 is 7.12 Å². The molecule has 0 saturated carbocycles. The van der Waals surface area contributed by atoms with Crippen LogP contribution in [0.2, 0.25) is 0 Å². The third-order valence-corrected chi connectivity index (χ3v) is 4.96. The Morgan fingerprint density at radius 3 is 2.48 bits per heavy atom. The molecule has 0 unspecified atom stereocenters. The Bertz CT molecular complexity index is 657. The predicted molar refractivity (Wildman–Crippen MR) is 128 cm³/mol. The molecule has 0 aliphatic carbocycles. The first-order chi connectivity index (χ1) is 15.6. The minimum atomic E-state index is -1.71. The lowest BCUT2D eigenvalue weighted by molar-refractivity contribution is -0.525. The van der Waals surface area contributed by atoms with Gasteiger partial charge in [0, 0.05) is 18.9 Å². The lowest BCUT2D eigenvalue weighted by Gasteiger charge is -2.23. The van der Waals surface area contributed by atoms with Gasteiger partial charge in [0.1, 0.15) is 0 Å². The summed E-state index contributed by atoms with van der Waals surface area (Å²) in [5, 5.41) is 31.4. The molecule has 0 saturated heterocycles. The van der Waals surface area contributed by atoms with Gasteiger partial charge in [0.15, 0.2) is 10.8 Å². The molecule has 188 valence electrons. The fraction of sp³-hybridized carbons (Fsp3) is 0.762. The highest BCUT2D eigenvalue weighted by molar-refractivity contribution is 6.43. The van der Waals surface area contributed by atoms with Crippen molar-refractivity contribution in [2.24, 2.45) is 22.6 Å². The molecule has 0 aliphatic heterocycles. The highest BCUT2D eigenvalue weighted by atomic mass is 16.7. The molecule has 1 amide bonds. The molecule has 0 aliphatic rings. The van der Waals surface area contributed by atoms with E-state index in [9.17, 15) is 29.8 Å². The first-order valence-corrected chi connectivity index (χ1v) is 11.6. The topological polar surface area (TPSA) is 180 Å². The van der Waals surface area contributed by atoms with E-state index in [-0.39, 0.29) is 37.0 Å². The van der Waals surface area contributed by atoms with E-state index in [2.05, 4.69) is 17.2 Å².